The SMILES string of the molecule is CCCCCCCCCCCCCCCCCCCCCCCCCCCCCCCCCCCCCCCCCC(=O)OC. The molecule has 45 heavy (non-hydrogen) atoms. The molecule has 0 saturated heterocycles. The molecular weight excluding hydrogens is 548 g/mol. The Hall–Kier alpha value is -0.530. The minimum absolute atomic E-state index is 0.0588. The molecule has 0 aliphatic rings. The molecule has 0 bridgehead atoms. The molecular formula is C43H86O2. The predicted octanol–water partition coefficient (Wildman–Crippen LogP) is 15.8. The summed E-state index contributed by atoms with van der Waals surface area (Å²) >= 11 is 0. The van der Waals surface area contributed by atoms with Gasteiger partial charge in [0.1, 0.15) is 0 Å². The number of carbonyl (C=O) groups excluding carboxylic acids is 1. The molecule has 0 aromatic heterocycles. The number of carbonyl (C=O) groups is 1. The second kappa shape index (κ2) is 41.5. The Morgan fingerprint density at radius 3 is 0.600 bits per heavy atom. The van der Waals surface area contributed by atoms with E-state index in [2.05, 4.69) is 11.7 Å². The minimum atomic E-state index is -0.0588. The van der Waals surface area contributed by atoms with E-state index in [9.17, 15) is 4.79 Å². The van der Waals surface area contributed by atoms with Crippen molar-refractivity contribution in [3.63, 3.8) is 0 Å². The molecule has 0 saturated carbocycles. The number of esters is 1. The maximum Gasteiger partial charge on any atom is 0.305 e. The van der Waals surface area contributed by atoms with Gasteiger partial charge in [-0.25, -0.2) is 0 Å². The van der Waals surface area contributed by atoms with Gasteiger partial charge in [-0.15, -0.1) is 0 Å². The average Bonchev–Trinajstić information content (AvgIpc) is 3.05. The van der Waals surface area contributed by atoms with Crippen molar-refractivity contribution in [1.29, 1.82) is 0 Å². The van der Waals surface area contributed by atoms with Crippen LogP contribution in [0.4, 0.5) is 0 Å². The minimum Gasteiger partial charge on any atom is -0.469 e. The van der Waals surface area contributed by atoms with Crippen molar-refractivity contribution in [2.75, 3.05) is 7.11 Å². The molecule has 0 aliphatic heterocycles. The van der Waals surface area contributed by atoms with Crippen LogP contribution in [-0.2, 0) is 9.53 Å². The van der Waals surface area contributed by atoms with Crippen molar-refractivity contribution in [2.45, 2.75) is 264 Å². The second-order valence-electron chi connectivity index (χ2n) is 14.8. The van der Waals surface area contributed by atoms with Crippen molar-refractivity contribution in [2.24, 2.45) is 0 Å². The van der Waals surface area contributed by atoms with E-state index in [1.807, 2.05) is 0 Å². The number of methoxy groups -OCH3 is 1. The van der Waals surface area contributed by atoms with Crippen molar-refractivity contribution in [3.05, 3.63) is 0 Å². The molecule has 0 radical (unpaired) electrons. The fraction of sp³-hybridized carbons (Fsp3) is 0.977. The van der Waals surface area contributed by atoms with Gasteiger partial charge >= 0.3 is 5.97 Å². The summed E-state index contributed by atoms with van der Waals surface area (Å²) in [4.78, 5) is 11.1. The molecule has 2 heteroatoms. The van der Waals surface area contributed by atoms with Crippen molar-refractivity contribution < 1.29 is 9.53 Å². The second-order valence-corrected chi connectivity index (χ2v) is 14.8. The van der Waals surface area contributed by atoms with Crippen LogP contribution < -0.4 is 0 Å². The van der Waals surface area contributed by atoms with Crippen LogP contribution in [0.2, 0.25) is 0 Å². The van der Waals surface area contributed by atoms with Gasteiger partial charge in [0.25, 0.3) is 0 Å². The Kier molecular flexibility index (Phi) is 41.0. The van der Waals surface area contributed by atoms with Crippen LogP contribution in [0.25, 0.3) is 0 Å². The molecule has 270 valence electrons. The summed E-state index contributed by atoms with van der Waals surface area (Å²) in [5.74, 6) is -0.0588. The van der Waals surface area contributed by atoms with Crippen LogP contribution in [0.5, 0.6) is 0 Å². The molecule has 0 atom stereocenters. The van der Waals surface area contributed by atoms with Gasteiger partial charge in [0.05, 0.1) is 7.11 Å². The first-order valence-electron chi connectivity index (χ1n) is 21.4. The van der Waals surface area contributed by atoms with Crippen LogP contribution in [0.3, 0.4) is 0 Å². The van der Waals surface area contributed by atoms with Gasteiger partial charge in [-0.05, 0) is 6.42 Å². The summed E-state index contributed by atoms with van der Waals surface area (Å²) in [7, 11) is 1.48. The highest BCUT2D eigenvalue weighted by molar-refractivity contribution is 5.68. The zero-order chi connectivity index (χ0) is 32.6. The Morgan fingerprint density at radius 2 is 0.444 bits per heavy atom. The van der Waals surface area contributed by atoms with Crippen molar-refractivity contribution in [3.8, 4) is 0 Å². The van der Waals surface area contributed by atoms with E-state index in [0.717, 1.165) is 6.42 Å². The average molecular weight is 635 g/mol. The fourth-order valence-corrected chi connectivity index (χ4v) is 6.99. The fourth-order valence-electron chi connectivity index (χ4n) is 6.99. The third-order valence-electron chi connectivity index (χ3n) is 10.2. The normalized spacial score (nSPS) is 11.4. The van der Waals surface area contributed by atoms with Gasteiger partial charge in [-0.1, -0.05) is 251 Å². The van der Waals surface area contributed by atoms with Gasteiger partial charge in [0, 0.05) is 6.42 Å². The highest BCUT2D eigenvalue weighted by Gasteiger charge is 2.00. The standard InChI is InChI=1S/C43H86O2/c1-3-4-5-6-7-8-9-10-11-12-13-14-15-16-17-18-19-20-21-22-23-24-25-26-27-28-29-30-31-32-33-34-35-36-37-38-39-40-41-42-43(44)45-2/h3-42H2,1-2H3. The van der Waals surface area contributed by atoms with E-state index in [4.69, 9.17) is 0 Å². The quantitative estimate of drug-likeness (QED) is 0.0495. The van der Waals surface area contributed by atoms with E-state index in [1.54, 1.807) is 0 Å². The van der Waals surface area contributed by atoms with Gasteiger partial charge in [-0.3, -0.25) is 4.79 Å². The van der Waals surface area contributed by atoms with E-state index in [1.165, 1.54) is 251 Å². The van der Waals surface area contributed by atoms with Gasteiger partial charge in [-0.2, -0.15) is 0 Å². The van der Waals surface area contributed by atoms with Crippen LogP contribution in [-0.4, -0.2) is 13.1 Å². The van der Waals surface area contributed by atoms with Crippen molar-refractivity contribution >= 4 is 5.97 Å². The summed E-state index contributed by atoms with van der Waals surface area (Å²) in [5, 5.41) is 0. The highest BCUT2D eigenvalue weighted by Crippen LogP contribution is 2.17. The lowest BCUT2D eigenvalue weighted by Crippen LogP contribution is -1.99. The zero-order valence-electron chi connectivity index (χ0n) is 31.6. The first-order valence-corrected chi connectivity index (χ1v) is 21.4. The maximum absolute atomic E-state index is 11.1. The lowest BCUT2D eigenvalue weighted by atomic mass is 10.0. The summed E-state index contributed by atoms with van der Waals surface area (Å²) in [6, 6.07) is 0. The molecule has 0 spiro atoms. The van der Waals surface area contributed by atoms with E-state index in [0.29, 0.717) is 6.42 Å². The van der Waals surface area contributed by atoms with Crippen LogP contribution in [0.15, 0.2) is 0 Å². The van der Waals surface area contributed by atoms with E-state index in [-0.39, 0.29) is 5.97 Å². The molecule has 2 nitrogen and oxygen atoms in total. The number of ether oxygens (including phenoxy) is 1. The molecule has 0 fully saturated rings. The van der Waals surface area contributed by atoms with E-state index < -0.39 is 0 Å². The summed E-state index contributed by atoms with van der Waals surface area (Å²) < 4.78 is 4.69. The monoisotopic (exact) mass is 635 g/mol. The molecule has 0 rings (SSSR count). The molecule has 0 aromatic rings. The highest BCUT2D eigenvalue weighted by atomic mass is 16.5. The molecule has 0 heterocycles. The third kappa shape index (κ3) is 41.4. The van der Waals surface area contributed by atoms with E-state index >= 15 is 0 Å². The summed E-state index contributed by atoms with van der Waals surface area (Å²) in [6.45, 7) is 2.31. The number of unbranched alkanes of at least 4 members (excludes halogenated alkanes) is 38. The van der Waals surface area contributed by atoms with Crippen LogP contribution in [0, 0.1) is 0 Å². The maximum atomic E-state index is 11.1. The Balaban J connectivity index is 3.05. The molecule has 0 unspecified atom stereocenters. The number of hydrogen-bond donors (Lipinski definition) is 0. The van der Waals surface area contributed by atoms with Crippen LogP contribution in [0.1, 0.15) is 264 Å². The first-order chi connectivity index (χ1) is 22.3. The Labute approximate surface area is 285 Å². The van der Waals surface area contributed by atoms with Crippen molar-refractivity contribution in [1.82, 2.24) is 0 Å². The lowest BCUT2D eigenvalue weighted by molar-refractivity contribution is -0.140. The largest absolute Gasteiger partial charge is 0.469 e. The Bertz CT molecular complexity index is 530. The third-order valence-corrected chi connectivity index (χ3v) is 10.2. The molecule has 0 amide bonds. The smallest absolute Gasteiger partial charge is 0.305 e. The van der Waals surface area contributed by atoms with Gasteiger partial charge < -0.3 is 4.74 Å². The lowest BCUT2D eigenvalue weighted by Gasteiger charge is -2.05. The van der Waals surface area contributed by atoms with Gasteiger partial charge in [0.2, 0.25) is 0 Å². The number of hydrogen-bond acceptors (Lipinski definition) is 2. The molecule has 0 N–H and O–H groups in total. The van der Waals surface area contributed by atoms with Gasteiger partial charge in [0.15, 0.2) is 0 Å². The predicted molar refractivity (Wildman–Crippen MR) is 202 cm³/mol. The summed E-state index contributed by atoms with van der Waals surface area (Å²) in [5.41, 5.74) is 0. The first kappa shape index (κ1) is 44.5. The zero-order valence-corrected chi connectivity index (χ0v) is 31.6. The number of rotatable bonds is 40. The Morgan fingerprint density at radius 1 is 0.289 bits per heavy atom. The molecule has 0 aromatic carbocycles. The topological polar surface area (TPSA) is 26.3 Å². The summed E-state index contributed by atoms with van der Waals surface area (Å²) in [6.07, 6.45) is 56.7. The van der Waals surface area contributed by atoms with Crippen LogP contribution >= 0.6 is 0 Å². The molecule has 0 aliphatic carbocycles.